The summed E-state index contributed by atoms with van der Waals surface area (Å²) in [5.74, 6) is 0.249. The van der Waals surface area contributed by atoms with Crippen molar-refractivity contribution in [3.63, 3.8) is 0 Å². The Hall–Kier alpha value is -1.87. The van der Waals surface area contributed by atoms with E-state index in [4.69, 9.17) is 4.99 Å². The number of nitrogens with one attached hydrogen (secondary N) is 1. The Morgan fingerprint density at radius 2 is 2.16 bits per heavy atom. The number of hydrogen-bond acceptors (Lipinski definition) is 5. The van der Waals surface area contributed by atoms with Crippen LogP contribution in [0.2, 0.25) is 0 Å². The number of amidine groups is 1. The fourth-order valence-electron chi connectivity index (χ4n) is 2.87. The Morgan fingerprint density at radius 1 is 1.28 bits per heavy atom. The molecule has 2 heterocycles. The summed E-state index contributed by atoms with van der Waals surface area (Å²) in [5, 5.41) is 10.1. The second-order valence-electron chi connectivity index (χ2n) is 5.69. The van der Waals surface area contributed by atoms with Crippen LogP contribution in [0.3, 0.4) is 0 Å². The summed E-state index contributed by atoms with van der Waals surface area (Å²) < 4.78 is 1.09. The summed E-state index contributed by atoms with van der Waals surface area (Å²) in [7, 11) is 0. The molecule has 1 N–H and O–H groups in total. The van der Waals surface area contributed by atoms with Gasteiger partial charge in [0.2, 0.25) is 5.91 Å². The monoisotopic (exact) mass is 462 g/mol. The maximum absolute atomic E-state index is 12.3. The molecule has 1 amide bonds. The number of benzene rings is 2. The van der Waals surface area contributed by atoms with Crippen molar-refractivity contribution < 1.29 is 4.79 Å². The third-order valence-corrected chi connectivity index (χ3v) is 5.59. The fourth-order valence-corrected chi connectivity index (χ4v) is 4.22. The van der Waals surface area contributed by atoms with Crippen LogP contribution in [-0.4, -0.2) is 28.1 Å². The third kappa shape index (κ3) is 3.57. The first-order chi connectivity index (χ1) is 12.2. The second-order valence-corrected chi connectivity index (χ2v) is 7.88. The van der Waals surface area contributed by atoms with E-state index in [9.17, 15) is 4.79 Å². The summed E-state index contributed by atoms with van der Waals surface area (Å²) in [6.45, 7) is 0. The molecule has 0 saturated carbocycles. The van der Waals surface area contributed by atoms with Crippen molar-refractivity contribution in [2.24, 2.45) is 10.1 Å². The topological polar surface area (TPSA) is 57.1 Å². The molecule has 0 aliphatic carbocycles. The van der Waals surface area contributed by atoms with E-state index < -0.39 is 0 Å². The molecule has 0 bridgehead atoms. The number of para-hydroxylation sites is 1. The van der Waals surface area contributed by atoms with Crippen molar-refractivity contribution in [3.8, 4) is 0 Å². The maximum atomic E-state index is 12.3. The van der Waals surface area contributed by atoms with Gasteiger partial charge in [0.05, 0.1) is 17.5 Å². The average Bonchev–Trinajstić information content (AvgIpc) is 3.10. The molecule has 2 aromatic rings. The number of thioether (sulfide) groups is 1. The largest absolute Gasteiger partial charge is 0.325 e. The molecule has 25 heavy (non-hydrogen) atoms. The van der Waals surface area contributed by atoms with Crippen LogP contribution in [0.4, 0.5) is 11.4 Å². The zero-order chi connectivity index (χ0) is 17.2. The second kappa shape index (κ2) is 7.17. The number of aliphatic imine (C=N–C) groups is 1. The molecular formula is C18H15IN4OS. The van der Waals surface area contributed by atoms with E-state index in [0.717, 1.165) is 26.5 Å². The highest BCUT2D eigenvalue weighted by molar-refractivity contribution is 14.1. The summed E-state index contributed by atoms with van der Waals surface area (Å²) in [6, 6.07) is 16.1. The zero-order valence-corrected chi connectivity index (χ0v) is 16.2. The van der Waals surface area contributed by atoms with Crippen LogP contribution in [-0.2, 0) is 4.79 Å². The molecule has 0 radical (unpaired) electrons. The third-order valence-electron chi connectivity index (χ3n) is 3.98. The van der Waals surface area contributed by atoms with Crippen molar-refractivity contribution in [2.45, 2.75) is 12.5 Å². The summed E-state index contributed by atoms with van der Waals surface area (Å²) in [5.41, 5.74) is 2.97. The lowest BCUT2D eigenvalue weighted by molar-refractivity contribution is -0.113. The Bertz CT molecular complexity index is 883. The number of rotatable bonds is 3. The van der Waals surface area contributed by atoms with Gasteiger partial charge in [0, 0.05) is 27.5 Å². The van der Waals surface area contributed by atoms with Gasteiger partial charge in [-0.1, -0.05) is 36.0 Å². The van der Waals surface area contributed by atoms with E-state index in [2.05, 4.69) is 39.1 Å². The van der Waals surface area contributed by atoms with Gasteiger partial charge in [-0.05, 0) is 46.9 Å². The fraction of sp³-hybridized carbons (Fsp3) is 0.167. The van der Waals surface area contributed by atoms with Gasteiger partial charge in [-0.3, -0.25) is 4.79 Å². The summed E-state index contributed by atoms with van der Waals surface area (Å²) in [6.07, 6.45) is 2.78. The van der Waals surface area contributed by atoms with E-state index in [1.807, 2.05) is 53.7 Å². The van der Waals surface area contributed by atoms with Crippen LogP contribution < -0.4 is 5.32 Å². The van der Waals surface area contributed by atoms with Gasteiger partial charge in [-0.2, -0.15) is 5.10 Å². The van der Waals surface area contributed by atoms with Crippen LogP contribution in [0.5, 0.6) is 0 Å². The van der Waals surface area contributed by atoms with E-state index in [1.54, 1.807) is 0 Å². The molecule has 7 heteroatoms. The Morgan fingerprint density at radius 3 is 3.04 bits per heavy atom. The lowest BCUT2D eigenvalue weighted by Gasteiger charge is -2.29. The molecule has 1 atom stereocenters. The molecule has 4 rings (SSSR count). The summed E-state index contributed by atoms with van der Waals surface area (Å²) in [4.78, 5) is 16.9. The molecule has 0 aromatic heterocycles. The molecular weight excluding hydrogens is 447 g/mol. The number of halogens is 1. The number of carbonyl (C=O) groups excluding carboxylic acids is 1. The van der Waals surface area contributed by atoms with Crippen molar-refractivity contribution in [1.29, 1.82) is 0 Å². The van der Waals surface area contributed by atoms with Crippen LogP contribution in [0, 0.1) is 3.57 Å². The predicted molar refractivity (Wildman–Crippen MR) is 111 cm³/mol. The van der Waals surface area contributed by atoms with Gasteiger partial charge in [-0.15, -0.1) is 0 Å². The van der Waals surface area contributed by atoms with Crippen LogP contribution in [0.1, 0.15) is 18.0 Å². The van der Waals surface area contributed by atoms with E-state index in [-0.39, 0.29) is 11.9 Å². The predicted octanol–water partition coefficient (Wildman–Crippen LogP) is 4.40. The lowest BCUT2D eigenvalue weighted by atomic mass is 10.0. The van der Waals surface area contributed by atoms with Gasteiger partial charge in [0.25, 0.3) is 0 Å². The normalized spacial score (nSPS) is 17.7. The van der Waals surface area contributed by atoms with E-state index >= 15 is 0 Å². The number of fused-ring (bicyclic) bond motifs is 3. The first-order valence-electron chi connectivity index (χ1n) is 7.88. The Labute approximate surface area is 163 Å². The molecule has 2 aliphatic rings. The van der Waals surface area contributed by atoms with Gasteiger partial charge < -0.3 is 5.32 Å². The van der Waals surface area contributed by atoms with Gasteiger partial charge in [0.15, 0.2) is 5.17 Å². The lowest BCUT2D eigenvalue weighted by Crippen LogP contribution is -2.29. The zero-order valence-electron chi connectivity index (χ0n) is 13.2. The SMILES string of the molecule is O=C(CSC1=Nc2ccccc2[C@H]2CC=NN12)Nc1cccc(I)c1. The number of amides is 1. The van der Waals surface area contributed by atoms with Crippen LogP contribution in [0.15, 0.2) is 58.6 Å². The van der Waals surface area contributed by atoms with Gasteiger partial charge >= 0.3 is 0 Å². The highest BCUT2D eigenvalue weighted by Gasteiger charge is 2.32. The number of carbonyl (C=O) groups is 1. The molecule has 0 saturated heterocycles. The van der Waals surface area contributed by atoms with Crippen molar-refractivity contribution in [3.05, 3.63) is 57.7 Å². The molecule has 2 aliphatic heterocycles. The molecule has 2 aromatic carbocycles. The minimum Gasteiger partial charge on any atom is -0.325 e. The van der Waals surface area contributed by atoms with Crippen LogP contribution >= 0.6 is 34.4 Å². The highest BCUT2D eigenvalue weighted by atomic mass is 127. The Balaban J connectivity index is 1.46. The van der Waals surface area contributed by atoms with Crippen molar-refractivity contribution in [1.82, 2.24) is 5.01 Å². The van der Waals surface area contributed by atoms with Gasteiger partial charge in [0.1, 0.15) is 0 Å². The average molecular weight is 462 g/mol. The quantitative estimate of drug-likeness (QED) is 0.689. The van der Waals surface area contributed by atoms with Gasteiger partial charge in [-0.25, -0.2) is 10.0 Å². The number of hydrazone groups is 1. The first kappa shape index (κ1) is 16.6. The smallest absolute Gasteiger partial charge is 0.234 e. The van der Waals surface area contributed by atoms with E-state index in [0.29, 0.717) is 5.75 Å². The molecule has 0 unspecified atom stereocenters. The summed E-state index contributed by atoms with van der Waals surface area (Å²) >= 11 is 3.64. The molecule has 0 spiro atoms. The first-order valence-corrected chi connectivity index (χ1v) is 9.94. The molecule has 126 valence electrons. The standard InChI is InChI=1S/C18H15IN4OS/c19-12-4-3-5-13(10-12)21-17(24)11-25-18-22-15-7-2-1-6-14(15)16-8-9-20-23(16)18/h1-7,9-10,16H,8,11H2,(H,21,24)/t16-/m1/s1. The highest BCUT2D eigenvalue weighted by Crippen LogP contribution is 2.40. The minimum atomic E-state index is -0.0479. The van der Waals surface area contributed by atoms with Crippen molar-refractivity contribution in [2.75, 3.05) is 11.1 Å². The van der Waals surface area contributed by atoms with Crippen molar-refractivity contribution >= 4 is 63.0 Å². The van der Waals surface area contributed by atoms with Crippen LogP contribution in [0.25, 0.3) is 0 Å². The minimum absolute atomic E-state index is 0.0479. The molecule has 0 fully saturated rings. The van der Waals surface area contributed by atoms with E-state index in [1.165, 1.54) is 17.3 Å². The molecule has 5 nitrogen and oxygen atoms in total. The maximum Gasteiger partial charge on any atom is 0.234 e. The Kier molecular flexibility index (Phi) is 4.76. The number of anilines is 1. The number of hydrogen-bond donors (Lipinski definition) is 1. The number of nitrogens with zero attached hydrogens (tertiary/aromatic N) is 3.